The first-order valence-electron chi connectivity index (χ1n) is 11.7. The van der Waals surface area contributed by atoms with Crippen molar-refractivity contribution in [3.05, 3.63) is 62.7 Å². The van der Waals surface area contributed by atoms with Gasteiger partial charge in [0.05, 0.1) is 32.5 Å². The predicted molar refractivity (Wildman–Crippen MR) is 140 cm³/mol. The number of hydrogen-bond acceptors (Lipinski definition) is 7. The monoisotopic (exact) mass is 585 g/mol. The summed E-state index contributed by atoms with van der Waals surface area (Å²) in [6.07, 6.45) is 3.56. The molecule has 0 bridgehead atoms. The van der Waals surface area contributed by atoms with Crippen molar-refractivity contribution in [1.29, 1.82) is 0 Å². The van der Waals surface area contributed by atoms with Gasteiger partial charge in [0, 0.05) is 29.2 Å². The molecule has 2 aromatic carbocycles. The lowest BCUT2D eigenvalue weighted by atomic mass is 10.1. The zero-order valence-corrected chi connectivity index (χ0v) is 22.0. The second-order valence-electron chi connectivity index (χ2n) is 8.05. The summed E-state index contributed by atoms with van der Waals surface area (Å²) >= 11 is 2.30. The van der Waals surface area contributed by atoms with E-state index < -0.39 is 12.1 Å². The molecule has 8 heteroatoms. The Balaban J connectivity index is 1.45. The Morgan fingerprint density at radius 1 is 1.03 bits per heavy atom. The summed E-state index contributed by atoms with van der Waals surface area (Å²) < 4.78 is 17.5. The molecule has 0 aliphatic carbocycles. The highest BCUT2D eigenvalue weighted by atomic mass is 127. The highest BCUT2D eigenvalue weighted by Gasteiger charge is 2.12. The van der Waals surface area contributed by atoms with Crippen LogP contribution in [0.4, 0.5) is 0 Å². The minimum atomic E-state index is -0.696. The summed E-state index contributed by atoms with van der Waals surface area (Å²) in [6, 6.07) is 13.3. The standard InChI is InChI=1S/C26H36INO6/c1-20(30)34-26-10-9-22(16-23(26)18-29)25(31)17-28-11-4-2-3-5-12-32-13-14-33-19-21-7-6-8-24(27)15-21/h6-10,15-16,25,28-29,31H,2-5,11-14,17-19H2,1H3. The van der Waals surface area contributed by atoms with Crippen LogP contribution in [-0.2, 0) is 27.5 Å². The van der Waals surface area contributed by atoms with Crippen LogP contribution in [0.15, 0.2) is 42.5 Å². The van der Waals surface area contributed by atoms with Crippen LogP contribution in [0.25, 0.3) is 0 Å². The second-order valence-corrected chi connectivity index (χ2v) is 9.29. The molecule has 0 radical (unpaired) electrons. The Morgan fingerprint density at radius 3 is 2.59 bits per heavy atom. The van der Waals surface area contributed by atoms with E-state index in [1.807, 2.05) is 6.07 Å². The second kappa shape index (κ2) is 17.0. The molecular formula is C26H36INO6. The lowest BCUT2D eigenvalue weighted by Gasteiger charge is -2.15. The molecule has 7 nitrogen and oxygen atoms in total. The van der Waals surface area contributed by atoms with Crippen molar-refractivity contribution in [2.24, 2.45) is 0 Å². The first-order chi connectivity index (χ1) is 16.5. The van der Waals surface area contributed by atoms with Gasteiger partial charge in [-0.2, -0.15) is 0 Å². The van der Waals surface area contributed by atoms with E-state index in [4.69, 9.17) is 14.2 Å². The highest BCUT2D eigenvalue weighted by molar-refractivity contribution is 14.1. The Hall–Kier alpha value is -1.56. The van der Waals surface area contributed by atoms with E-state index in [1.54, 1.807) is 18.2 Å². The number of carbonyl (C=O) groups excluding carboxylic acids is 1. The van der Waals surface area contributed by atoms with E-state index >= 15 is 0 Å². The number of nitrogens with one attached hydrogen (secondary N) is 1. The van der Waals surface area contributed by atoms with Gasteiger partial charge < -0.3 is 29.7 Å². The molecule has 34 heavy (non-hydrogen) atoms. The van der Waals surface area contributed by atoms with E-state index in [0.29, 0.717) is 43.2 Å². The smallest absolute Gasteiger partial charge is 0.308 e. The Kier molecular flexibility index (Phi) is 14.3. The van der Waals surface area contributed by atoms with E-state index in [2.05, 4.69) is 46.1 Å². The number of benzene rings is 2. The number of aliphatic hydroxyl groups is 2. The van der Waals surface area contributed by atoms with Gasteiger partial charge in [0.1, 0.15) is 5.75 Å². The fraction of sp³-hybridized carbons (Fsp3) is 0.500. The van der Waals surface area contributed by atoms with Gasteiger partial charge in [-0.3, -0.25) is 4.79 Å². The first kappa shape index (κ1) is 28.7. The third kappa shape index (κ3) is 11.7. The van der Waals surface area contributed by atoms with Gasteiger partial charge in [-0.1, -0.05) is 31.0 Å². The zero-order valence-electron chi connectivity index (χ0n) is 19.8. The number of carbonyl (C=O) groups is 1. The number of ether oxygens (including phenoxy) is 3. The van der Waals surface area contributed by atoms with Crippen molar-refractivity contribution in [3.63, 3.8) is 0 Å². The van der Waals surface area contributed by atoms with Crippen LogP contribution in [0.1, 0.15) is 55.4 Å². The largest absolute Gasteiger partial charge is 0.426 e. The van der Waals surface area contributed by atoms with Crippen molar-refractivity contribution < 1.29 is 29.2 Å². The lowest BCUT2D eigenvalue weighted by Crippen LogP contribution is -2.22. The molecule has 0 saturated heterocycles. The van der Waals surface area contributed by atoms with Crippen molar-refractivity contribution in [2.45, 2.75) is 51.9 Å². The molecule has 0 aliphatic heterocycles. The van der Waals surface area contributed by atoms with Crippen molar-refractivity contribution in [1.82, 2.24) is 5.32 Å². The molecule has 1 unspecified atom stereocenters. The molecule has 0 aliphatic rings. The van der Waals surface area contributed by atoms with Gasteiger partial charge in [-0.15, -0.1) is 0 Å². The van der Waals surface area contributed by atoms with Gasteiger partial charge in [-0.25, -0.2) is 0 Å². The number of hydrogen-bond donors (Lipinski definition) is 3. The molecule has 2 aromatic rings. The summed E-state index contributed by atoms with van der Waals surface area (Å²) in [5.41, 5.74) is 2.33. The molecule has 0 heterocycles. The summed E-state index contributed by atoms with van der Waals surface area (Å²) in [6.45, 7) is 4.86. The van der Waals surface area contributed by atoms with Crippen molar-refractivity contribution in [3.8, 4) is 5.75 Å². The first-order valence-corrected chi connectivity index (χ1v) is 12.8. The van der Waals surface area contributed by atoms with Crippen molar-refractivity contribution >= 4 is 28.6 Å². The number of esters is 1. The predicted octanol–water partition coefficient (Wildman–Crippen LogP) is 4.13. The van der Waals surface area contributed by atoms with Crippen LogP contribution in [0.5, 0.6) is 5.75 Å². The average Bonchev–Trinajstić information content (AvgIpc) is 2.81. The molecular weight excluding hydrogens is 549 g/mol. The van der Waals surface area contributed by atoms with E-state index in [9.17, 15) is 15.0 Å². The molecule has 2 rings (SSSR count). The van der Waals surface area contributed by atoms with Gasteiger partial charge in [0.25, 0.3) is 0 Å². The summed E-state index contributed by atoms with van der Waals surface area (Å²) in [7, 11) is 0. The Morgan fingerprint density at radius 2 is 1.82 bits per heavy atom. The zero-order chi connectivity index (χ0) is 24.6. The molecule has 1 atom stereocenters. The van der Waals surface area contributed by atoms with Crippen LogP contribution in [0.3, 0.4) is 0 Å². The normalized spacial score (nSPS) is 12.0. The van der Waals surface area contributed by atoms with Crippen molar-refractivity contribution in [2.75, 3.05) is 32.9 Å². The third-order valence-electron chi connectivity index (χ3n) is 5.15. The summed E-state index contributed by atoms with van der Waals surface area (Å²) in [5, 5.41) is 23.1. The fourth-order valence-corrected chi connectivity index (χ4v) is 3.99. The van der Waals surface area contributed by atoms with E-state index in [-0.39, 0.29) is 6.61 Å². The van der Waals surface area contributed by atoms with Crippen LogP contribution >= 0.6 is 22.6 Å². The van der Waals surface area contributed by atoms with Crippen LogP contribution in [0.2, 0.25) is 0 Å². The number of halogens is 1. The quantitative estimate of drug-likeness (QED) is 0.111. The van der Waals surface area contributed by atoms with Crippen LogP contribution < -0.4 is 10.1 Å². The van der Waals surface area contributed by atoms with Gasteiger partial charge >= 0.3 is 5.97 Å². The maximum atomic E-state index is 11.1. The number of aliphatic hydroxyl groups excluding tert-OH is 2. The third-order valence-corrected chi connectivity index (χ3v) is 5.82. The molecule has 0 saturated carbocycles. The van der Waals surface area contributed by atoms with Gasteiger partial charge in [0.2, 0.25) is 0 Å². The molecule has 188 valence electrons. The summed E-state index contributed by atoms with van der Waals surface area (Å²) in [5.74, 6) is -0.128. The fourth-order valence-electron chi connectivity index (χ4n) is 3.39. The Bertz CT molecular complexity index is 863. The molecule has 0 spiro atoms. The highest BCUT2D eigenvalue weighted by Crippen LogP contribution is 2.24. The molecule has 0 aromatic heterocycles. The molecule has 0 fully saturated rings. The van der Waals surface area contributed by atoms with Crippen LogP contribution in [0, 0.1) is 3.57 Å². The minimum Gasteiger partial charge on any atom is -0.426 e. The van der Waals surface area contributed by atoms with Gasteiger partial charge in [0.15, 0.2) is 0 Å². The van der Waals surface area contributed by atoms with Crippen LogP contribution in [-0.4, -0.2) is 49.1 Å². The van der Waals surface area contributed by atoms with E-state index in [0.717, 1.165) is 38.8 Å². The maximum absolute atomic E-state index is 11.1. The maximum Gasteiger partial charge on any atom is 0.308 e. The van der Waals surface area contributed by atoms with Gasteiger partial charge in [-0.05, 0) is 77.4 Å². The van der Waals surface area contributed by atoms with E-state index in [1.165, 1.54) is 16.1 Å². The SMILES string of the molecule is CC(=O)Oc1ccc(C(O)CNCCCCCCOCCOCc2cccc(I)c2)cc1CO. The number of unbranched alkanes of at least 4 members (excludes halogenated alkanes) is 3. The minimum absolute atomic E-state index is 0.263. The topological polar surface area (TPSA) is 97.3 Å². The summed E-state index contributed by atoms with van der Waals surface area (Å²) in [4.78, 5) is 11.1. The lowest BCUT2D eigenvalue weighted by molar-refractivity contribution is -0.131. The molecule has 3 N–H and O–H groups in total. The Labute approximate surface area is 216 Å². The average molecular weight is 585 g/mol. The molecule has 0 amide bonds. The number of rotatable bonds is 17.